The average molecular weight is 230 g/mol. The maximum absolute atomic E-state index is 2.32. The fraction of sp³-hybridized carbons (Fsp3) is 0.333. The molecule has 84 valence electrons. The van der Waals surface area contributed by atoms with E-state index in [0.717, 1.165) is 14.2 Å². The SMILES string of the molecule is CCCC(PC)c1cccc2ccccc12. The first-order valence-electron chi connectivity index (χ1n) is 6.01. The fourth-order valence-corrected chi connectivity index (χ4v) is 3.44. The molecule has 16 heavy (non-hydrogen) atoms. The minimum Gasteiger partial charge on any atom is -0.118 e. The summed E-state index contributed by atoms with van der Waals surface area (Å²) in [5, 5.41) is 2.82. The van der Waals surface area contributed by atoms with Gasteiger partial charge in [-0.2, -0.15) is 0 Å². The molecule has 0 nitrogen and oxygen atoms in total. The van der Waals surface area contributed by atoms with Gasteiger partial charge in [-0.3, -0.25) is 0 Å². The molecule has 0 aliphatic heterocycles. The Labute approximate surface area is 99.9 Å². The van der Waals surface area contributed by atoms with Crippen LogP contribution in [0.25, 0.3) is 10.8 Å². The van der Waals surface area contributed by atoms with Crippen molar-refractivity contribution >= 4 is 19.4 Å². The van der Waals surface area contributed by atoms with Crippen molar-refractivity contribution in [2.45, 2.75) is 25.4 Å². The molecule has 0 aliphatic rings. The van der Waals surface area contributed by atoms with E-state index in [9.17, 15) is 0 Å². The summed E-state index contributed by atoms with van der Waals surface area (Å²) in [7, 11) is 0.996. The lowest BCUT2D eigenvalue weighted by Crippen LogP contribution is -1.93. The van der Waals surface area contributed by atoms with Crippen LogP contribution in [0.2, 0.25) is 0 Å². The van der Waals surface area contributed by atoms with E-state index in [2.05, 4.69) is 56.1 Å². The highest BCUT2D eigenvalue weighted by atomic mass is 31.1. The van der Waals surface area contributed by atoms with E-state index >= 15 is 0 Å². The van der Waals surface area contributed by atoms with Crippen LogP contribution >= 0.6 is 8.58 Å². The Morgan fingerprint density at radius 2 is 1.81 bits per heavy atom. The second-order valence-electron chi connectivity index (χ2n) is 4.20. The zero-order chi connectivity index (χ0) is 11.4. The maximum Gasteiger partial charge on any atom is 0.00175 e. The van der Waals surface area contributed by atoms with E-state index in [4.69, 9.17) is 0 Å². The third kappa shape index (κ3) is 2.28. The van der Waals surface area contributed by atoms with Gasteiger partial charge in [0.15, 0.2) is 0 Å². The summed E-state index contributed by atoms with van der Waals surface area (Å²) < 4.78 is 0. The van der Waals surface area contributed by atoms with E-state index in [1.165, 1.54) is 23.6 Å². The summed E-state index contributed by atoms with van der Waals surface area (Å²) in [5.41, 5.74) is 2.29. The van der Waals surface area contributed by atoms with E-state index < -0.39 is 0 Å². The average Bonchev–Trinajstić information content (AvgIpc) is 2.35. The van der Waals surface area contributed by atoms with Gasteiger partial charge in [-0.1, -0.05) is 55.8 Å². The number of rotatable bonds is 4. The first-order valence-corrected chi connectivity index (χ1v) is 7.59. The highest BCUT2D eigenvalue weighted by Crippen LogP contribution is 2.39. The zero-order valence-electron chi connectivity index (χ0n) is 10.0. The van der Waals surface area contributed by atoms with Crippen molar-refractivity contribution in [2.75, 3.05) is 6.66 Å². The predicted molar refractivity (Wildman–Crippen MR) is 75.8 cm³/mol. The second-order valence-corrected chi connectivity index (χ2v) is 5.47. The molecular weight excluding hydrogens is 211 g/mol. The summed E-state index contributed by atoms with van der Waals surface area (Å²) in [6.45, 7) is 4.60. The standard InChI is InChI=1S/C15H19P/c1-3-7-15(16-2)14-11-6-9-12-8-4-5-10-13(12)14/h4-6,8-11,15-16H,3,7H2,1-2H3. The molecule has 0 heterocycles. The van der Waals surface area contributed by atoms with Crippen molar-refractivity contribution < 1.29 is 0 Å². The third-order valence-electron chi connectivity index (χ3n) is 3.12. The molecule has 0 aliphatic carbocycles. The van der Waals surface area contributed by atoms with Crippen LogP contribution in [0.3, 0.4) is 0 Å². The molecule has 2 aromatic rings. The van der Waals surface area contributed by atoms with Gasteiger partial charge in [0, 0.05) is 5.66 Å². The van der Waals surface area contributed by atoms with Crippen LogP contribution in [-0.2, 0) is 0 Å². The van der Waals surface area contributed by atoms with Gasteiger partial charge in [0.1, 0.15) is 0 Å². The van der Waals surface area contributed by atoms with Gasteiger partial charge >= 0.3 is 0 Å². The van der Waals surface area contributed by atoms with Gasteiger partial charge in [-0.05, 0) is 29.4 Å². The number of hydrogen-bond acceptors (Lipinski definition) is 0. The molecule has 1 heteroatoms. The number of hydrogen-bond donors (Lipinski definition) is 0. The molecule has 0 radical (unpaired) electrons. The van der Waals surface area contributed by atoms with Crippen LogP contribution in [0.15, 0.2) is 42.5 Å². The Bertz CT molecular complexity index is 456. The minimum atomic E-state index is 0.746. The van der Waals surface area contributed by atoms with E-state index in [0.29, 0.717) is 0 Å². The van der Waals surface area contributed by atoms with Crippen molar-refractivity contribution in [1.82, 2.24) is 0 Å². The van der Waals surface area contributed by atoms with E-state index in [1.54, 1.807) is 5.56 Å². The second kappa shape index (κ2) is 5.46. The van der Waals surface area contributed by atoms with E-state index in [-0.39, 0.29) is 0 Å². The van der Waals surface area contributed by atoms with Crippen LogP contribution in [0.1, 0.15) is 31.0 Å². The quantitative estimate of drug-likeness (QED) is 0.649. The Kier molecular flexibility index (Phi) is 3.96. The monoisotopic (exact) mass is 230 g/mol. The lowest BCUT2D eigenvalue weighted by atomic mass is 10.00. The maximum atomic E-state index is 2.32. The molecule has 0 bridgehead atoms. The minimum absolute atomic E-state index is 0.746. The molecule has 0 saturated heterocycles. The van der Waals surface area contributed by atoms with Crippen LogP contribution in [0, 0.1) is 0 Å². The highest BCUT2D eigenvalue weighted by Gasteiger charge is 2.10. The smallest absolute Gasteiger partial charge is 0.00175 e. The largest absolute Gasteiger partial charge is 0.118 e. The predicted octanol–water partition coefficient (Wildman–Crippen LogP) is 4.99. The molecule has 0 N–H and O–H groups in total. The molecule has 2 atom stereocenters. The van der Waals surface area contributed by atoms with Crippen molar-refractivity contribution in [3.63, 3.8) is 0 Å². The molecule has 0 fully saturated rings. The van der Waals surface area contributed by atoms with Gasteiger partial charge < -0.3 is 0 Å². The Morgan fingerprint density at radius 1 is 1.06 bits per heavy atom. The Balaban J connectivity index is 2.50. The molecule has 0 aromatic heterocycles. The van der Waals surface area contributed by atoms with Gasteiger partial charge in [-0.25, -0.2) is 0 Å². The third-order valence-corrected chi connectivity index (χ3v) is 4.42. The van der Waals surface area contributed by atoms with Crippen molar-refractivity contribution in [3.05, 3.63) is 48.0 Å². The molecule has 0 saturated carbocycles. The lowest BCUT2D eigenvalue weighted by Gasteiger charge is -2.16. The van der Waals surface area contributed by atoms with Crippen LogP contribution in [0.5, 0.6) is 0 Å². The first kappa shape index (κ1) is 11.6. The number of benzene rings is 2. The summed E-state index contributed by atoms with van der Waals surface area (Å²) >= 11 is 0. The van der Waals surface area contributed by atoms with Gasteiger partial charge in [0.05, 0.1) is 0 Å². The van der Waals surface area contributed by atoms with Crippen LogP contribution in [-0.4, -0.2) is 6.66 Å². The zero-order valence-corrected chi connectivity index (χ0v) is 11.0. The topological polar surface area (TPSA) is 0 Å². The fourth-order valence-electron chi connectivity index (χ4n) is 2.30. The molecule has 0 amide bonds. The Hall–Kier alpha value is -0.870. The van der Waals surface area contributed by atoms with E-state index in [1.807, 2.05) is 0 Å². The van der Waals surface area contributed by atoms with Crippen molar-refractivity contribution in [2.24, 2.45) is 0 Å². The summed E-state index contributed by atoms with van der Waals surface area (Å²) in [5.74, 6) is 0. The van der Waals surface area contributed by atoms with Crippen LogP contribution in [0.4, 0.5) is 0 Å². The van der Waals surface area contributed by atoms with Crippen molar-refractivity contribution in [3.8, 4) is 0 Å². The summed E-state index contributed by atoms with van der Waals surface area (Å²) in [4.78, 5) is 0. The normalized spacial score (nSPS) is 13.6. The molecule has 2 unspecified atom stereocenters. The summed E-state index contributed by atoms with van der Waals surface area (Å²) in [6.07, 6.45) is 2.58. The molecular formula is C15H19P. The lowest BCUT2D eigenvalue weighted by molar-refractivity contribution is 0.779. The molecule has 2 aromatic carbocycles. The molecule has 0 spiro atoms. The van der Waals surface area contributed by atoms with Crippen LogP contribution < -0.4 is 0 Å². The van der Waals surface area contributed by atoms with Crippen molar-refractivity contribution in [1.29, 1.82) is 0 Å². The van der Waals surface area contributed by atoms with Gasteiger partial charge in [0.25, 0.3) is 0 Å². The van der Waals surface area contributed by atoms with Gasteiger partial charge in [-0.15, -0.1) is 8.58 Å². The molecule has 2 rings (SSSR count). The Morgan fingerprint density at radius 3 is 2.56 bits per heavy atom. The first-order chi connectivity index (χ1) is 7.86. The summed E-state index contributed by atoms with van der Waals surface area (Å²) in [6, 6.07) is 15.4. The number of fused-ring (bicyclic) bond motifs is 1. The highest BCUT2D eigenvalue weighted by molar-refractivity contribution is 7.37. The van der Waals surface area contributed by atoms with Gasteiger partial charge in [0.2, 0.25) is 0 Å².